The Labute approximate surface area is 89.2 Å². The molecular weight excluding hydrogens is 220 g/mol. The Hall–Kier alpha value is -0.660. The zero-order valence-electron chi connectivity index (χ0n) is 8.78. The molecule has 0 heterocycles. The number of rotatable bonds is 6. The van der Waals surface area contributed by atoms with E-state index >= 15 is 0 Å². The highest BCUT2D eigenvalue weighted by Crippen LogP contribution is 2.19. The fourth-order valence-electron chi connectivity index (χ4n) is 0.813. The van der Waals surface area contributed by atoms with Crippen LogP contribution in [-0.4, -0.2) is 32.1 Å². The van der Waals surface area contributed by atoms with Gasteiger partial charge in [0.25, 0.3) is 10.2 Å². The molecule has 15 heavy (non-hydrogen) atoms. The van der Waals surface area contributed by atoms with Crippen molar-refractivity contribution in [3.05, 3.63) is 0 Å². The van der Waals surface area contributed by atoms with Gasteiger partial charge in [-0.2, -0.15) is 13.1 Å². The monoisotopic (exact) mass is 236 g/mol. The molecule has 0 unspecified atom stereocenters. The minimum Gasteiger partial charge on any atom is -0.481 e. The standard InChI is InChI=1S/C8H16N2O4S/c1-8(2,7(11)12)5-9-15(13,14)10-6-3-4-6/h6,9-10H,3-5H2,1-2H3,(H,11,12). The largest absolute Gasteiger partial charge is 0.481 e. The van der Waals surface area contributed by atoms with Crippen molar-refractivity contribution in [2.45, 2.75) is 32.7 Å². The van der Waals surface area contributed by atoms with E-state index in [1.165, 1.54) is 13.8 Å². The Bertz CT molecular complexity index is 346. The summed E-state index contributed by atoms with van der Waals surface area (Å²) in [5.41, 5.74) is -1.10. The lowest BCUT2D eigenvalue weighted by Gasteiger charge is -2.19. The highest BCUT2D eigenvalue weighted by atomic mass is 32.2. The van der Waals surface area contributed by atoms with Gasteiger partial charge in [-0.3, -0.25) is 4.79 Å². The van der Waals surface area contributed by atoms with E-state index in [0.717, 1.165) is 12.8 Å². The van der Waals surface area contributed by atoms with E-state index < -0.39 is 21.6 Å². The zero-order chi connectivity index (χ0) is 11.7. The number of nitrogens with one attached hydrogen (secondary N) is 2. The van der Waals surface area contributed by atoms with Crippen LogP contribution in [0.2, 0.25) is 0 Å². The molecule has 0 bridgehead atoms. The van der Waals surface area contributed by atoms with Crippen molar-refractivity contribution in [2.24, 2.45) is 5.41 Å². The summed E-state index contributed by atoms with van der Waals surface area (Å²) in [4.78, 5) is 10.7. The Morgan fingerprint density at radius 1 is 1.47 bits per heavy atom. The Morgan fingerprint density at radius 2 is 2.00 bits per heavy atom. The van der Waals surface area contributed by atoms with Crippen molar-refractivity contribution in [1.29, 1.82) is 0 Å². The van der Waals surface area contributed by atoms with Crippen LogP contribution in [0.25, 0.3) is 0 Å². The van der Waals surface area contributed by atoms with Gasteiger partial charge in [0.2, 0.25) is 0 Å². The molecule has 0 radical (unpaired) electrons. The first-order valence-corrected chi connectivity index (χ1v) is 6.21. The molecule has 0 aromatic rings. The lowest BCUT2D eigenvalue weighted by molar-refractivity contribution is -0.146. The minimum atomic E-state index is -3.55. The molecule has 3 N–H and O–H groups in total. The third kappa shape index (κ3) is 4.15. The number of aliphatic carboxylic acids is 1. The summed E-state index contributed by atoms with van der Waals surface area (Å²) in [5.74, 6) is -1.03. The molecule has 1 saturated carbocycles. The number of hydrogen-bond acceptors (Lipinski definition) is 3. The van der Waals surface area contributed by atoms with Crippen molar-refractivity contribution >= 4 is 16.2 Å². The summed E-state index contributed by atoms with van der Waals surface area (Å²) in [7, 11) is -3.55. The maximum absolute atomic E-state index is 11.3. The fraction of sp³-hybridized carbons (Fsp3) is 0.875. The molecule has 7 heteroatoms. The average molecular weight is 236 g/mol. The van der Waals surface area contributed by atoms with Crippen molar-refractivity contribution in [1.82, 2.24) is 9.44 Å². The molecule has 1 aliphatic carbocycles. The normalized spacial score (nSPS) is 17.7. The number of carboxylic acid groups (broad SMARTS) is 1. The van der Waals surface area contributed by atoms with Gasteiger partial charge in [0.05, 0.1) is 5.41 Å². The number of carboxylic acids is 1. The van der Waals surface area contributed by atoms with Crippen LogP contribution in [0.15, 0.2) is 0 Å². The topological polar surface area (TPSA) is 95.5 Å². The summed E-state index contributed by atoms with van der Waals surface area (Å²) in [6.07, 6.45) is 1.70. The van der Waals surface area contributed by atoms with Crippen LogP contribution in [0, 0.1) is 5.41 Å². The summed E-state index contributed by atoms with van der Waals surface area (Å²) in [6.45, 7) is 2.81. The molecular formula is C8H16N2O4S. The molecule has 1 rings (SSSR count). The Morgan fingerprint density at radius 3 is 2.40 bits per heavy atom. The van der Waals surface area contributed by atoms with Gasteiger partial charge in [-0.25, -0.2) is 4.72 Å². The summed E-state index contributed by atoms with van der Waals surface area (Å²) < 4.78 is 27.3. The summed E-state index contributed by atoms with van der Waals surface area (Å²) in [6, 6.07) is 0.0236. The minimum absolute atomic E-state index is 0.0236. The molecule has 0 amide bonds. The van der Waals surface area contributed by atoms with Gasteiger partial charge in [-0.1, -0.05) is 0 Å². The second-order valence-electron chi connectivity index (χ2n) is 4.41. The predicted octanol–water partition coefficient (Wildman–Crippen LogP) is -0.316. The van der Waals surface area contributed by atoms with Crippen LogP contribution in [0.4, 0.5) is 0 Å². The van der Waals surface area contributed by atoms with Gasteiger partial charge in [-0.05, 0) is 26.7 Å². The van der Waals surface area contributed by atoms with Gasteiger partial charge < -0.3 is 5.11 Å². The van der Waals surface area contributed by atoms with Gasteiger partial charge in [-0.15, -0.1) is 0 Å². The molecule has 0 aliphatic heterocycles. The second-order valence-corrected chi connectivity index (χ2v) is 5.94. The molecule has 6 nitrogen and oxygen atoms in total. The SMILES string of the molecule is CC(C)(CNS(=O)(=O)NC1CC1)C(=O)O. The van der Waals surface area contributed by atoms with Crippen LogP contribution in [0.3, 0.4) is 0 Å². The van der Waals surface area contributed by atoms with Crippen LogP contribution < -0.4 is 9.44 Å². The highest BCUT2D eigenvalue weighted by Gasteiger charge is 2.31. The van der Waals surface area contributed by atoms with Gasteiger partial charge in [0.1, 0.15) is 0 Å². The fourth-order valence-corrected chi connectivity index (χ4v) is 2.12. The smallest absolute Gasteiger partial charge is 0.310 e. The van der Waals surface area contributed by atoms with Crippen molar-refractivity contribution in [2.75, 3.05) is 6.54 Å². The predicted molar refractivity (Wildman–Crippen MR) is 54.5 cm³/mol. The Balaban J connectivity index is 2.44. The van der Waals surface area contributed by atoms with E-state index in [-0.39, 0.29) is 12.6 Å². The van der Waals surface area contributed by atoms with Crippen molar-refractivity contribution in [3.8, 4) is 0 Å². The second kappa shape index (κ2) is 4.07. The van der Waals surface area contributed by atoms with Crippen LogP contribution in [0.5, 0.6) is 0 Å². The first-order valence-electron chi connectivity index (χ1n) is 4.73. The van der Waals surface area contributed by atoms with E-state index in [0.29, 0.717) is 0 Å². The van der Waals surface area contributed by atoms with Crippen LogP contribution in [0.1, 0.15) is 26.7 Å². The quantitative estimate of drug-likeness (QED) is 0.589. The van der Waals surface area contributed by atoms with Crippen molar-refractivity contribution in [3.63, 3.8) is 0 Å². The maximum Gasteiger partial charge on any atom is 0.310 e. The summed E-state index contributed by atoms with van der Waals surface area (Å²) in [5, 5.41) is 8.78. The number of hydrogen-bond donors (Lipinski definition) is 3. The first-order chi connectivity index (χ1) is 6.73. The van der Waals surface area contributed by atoms with Crippen LogP contribution >= 0.6 is 0 Å². The molecule has 0 aromatic carbocycles. The Kier molecular flexibility index (Phi) is 3.37. The first kappa shape index (κ1) is 12.4. The molecule has 0 spiro atoms. The molecule has 1 fully saturated rings. The summed E-state index contributed by atoms with van der Waals surface area (Å²) >= 11 is 0. The molecule has 88 valence electrons. The molecule has 0 saturated heterocycles. The average Bonchev–Trinajstić information content (AvgIpc) is 2.84. The van der Waals surface area contributed by atoms with E-state index in [4.69, 9.17) is 5.11 Å². The van der Waals surface area contributed by atoms with Gasteiger partial charge in [0.15, 0.2) is 0 Å². The van der Waals surface area contributed by atoms with E-state index in [2.05, 4.69) is 9.44 Å². The van der Waals surface area contributed by atoms with Gasteiger partial charge in [0, 0.05) is 12.6 Å². The lowest BCUT2D eigenvalue weighted by atomic mass is 9.95. The highest BCUT2D eigenvalue weighted by molar-refractivity contribution is 7.87. The maximum atomic E-state index is 11.3. The number of carbonyl (C=O) groups is 1. The molecule has 1 aliphatic rings. The van der Waals surface area contributed by atoms with E-state index in [1.54, 1.807) is 0 Å². The lowest BCUT2D eigenvalue weighted by Crippen LogP contribution is -2.44. The van der Waals surface area contributed by atoms with E-state index in [9.17, 15) is 13.2 Å². The molecule has 0 atom stereocenters. The third-order valence-corrected chi connectivity index (χ3v) is 3.35. The van der Waals surface area contributed by atoms with Crippen molar-refractivity contribution < 1.29 is 18.3 Å². The third-order valence-electron chi connectivity index (χ3n) is 2.18. The zero-order valence-corrected chi connectivity index (χ0v) is 9.60. The van der Waals surface area contributed by atoms with E-state index in [1.807, 2.05) is 0 Å². The van der Waals surface area contributed by atoms with Crippen LogP contribution in [-0.2, 0) is 15.0 Å². The van der Waals surface area contributed by atoms with Gasteiger partial charge >= 0.3 is 5.97 Å². The molecule has 0 aromatic heterocycles.